The van der Waals surface area contributed by atoms with Gasteiger partial charge < -0.3 is 30.3 Å². The molecule has 2 aliphatic heterocycles. The largest absolute Gasteiger partial charge is 0.508 e. The van der Waals surface area contributed by atoms with E-state index in [4.69, 9.17) is 44.5 Å². The number of phenols is 1. The Morgan fingerprint density at radius 3 is 2.33 bits per heavy atom. The first-order valence-electron chi connectivity index (χ1n) is 11.9. The predicted molar refractivity (Wildman–Crippen MR) is 149 cm³/mol. The van der Waals surface area contributed by atoms with Gasteiger partial charge in [0.15, 0.2) is 4.84 Å². The number of amides is 5. The molecular weight excluding hydrogens is 643 g/mol. The number of carboxylic acids is 1. The quantitative estimate of drug-likeness (QED) is 0.181. The second-order valence-corrected chi connectivity index (χ2v) is 12.3. The van der Waals surface area contributed by atoms with Crippen LogP contribution in [0.25, 0.3) is 0 Å². The number of ether oxygens (including phenoxy) is 2. The molecule has 14 nitrogen and oxygen atoms in total. The Balaban J connectivity index is 1.75. The lowest BCUT2D eigenvalue weighted by atomic mass is 10.0. The summed E-state index contributed by atoms with van der Waals surface area (Å²) in [4.78, 5) is 73.9. The van der Waals surface area contributed by atoms with Crippen LogP contribution >= 0.6 is 46.7 Å². The molecular formula is C24H25Cl3N4O10S. The average molecular weight is 668 g/mol. The molecule has 3 rings (SSSR count). The highest BCUT2D eigenvalue weighted by atomic mass is 35.5. The number of alkyl halides is 2. The van der Waals surface area contributed by atoms with Crippen LogP contribution in [-0.2, 0) is 28.7 Å². The maximum atomic E-state index is 13.3. The number of nitrogens with one attached hydrogen (secondary N) is 2. The van der Waals surface area contributed by atoms with Crippen LogP contribution < -0.4 is 10.6 Å². The third-order valence-corrected chi connectivity index (χ3v) is 7.63. The van der Waals surface area contributed by atoms with E-state index in [9.17, 15) is 39.0 Å². The molecule has 3 atom stereocenters. The van der Waals surface area contributed by atoms with Crippen molar-refractivity contribution in [1.29, 1.82) is 0 Å². The molecule has 2 unspecified atom stereocenters. The van der Waals surface area contributed by atoms with Gasteiger partial charge in [-0.2, -0.15) is 4.42 Å². The third-order valence-electron chi connectivity index (χ3n) is 5.61. The van der Waals surface area contributed by atoms with Crippen molar-refractivity contribution in [2.75, 3.05) is 12.4 Å². The van der Waals surface area contributed by atoms with Crippen LogP contribution in [0.4, 0.5) is 9.59 Å². The minimum absolute atomic E-state index is 0.000613. The highest BCUT2D eigenvalue weighted by Gasteiger charge is 2.54. The number of hydrogen-bond donors (Lipinski definition) is 4. The number of nitrogens with zero attached hydrogens (tertiary/aromatic N) is 2. The SMILES string of the molecule is CC(C)(C)OC(=O)NC(C(=O)NC1C(=O)N2C(C(=O)O)=C(COC(=O)N(Cl)C(=O)C(Cl)Cl)CS[C@@H]12)c1ccc(O)cc1. The molecule has 0 saturated carbocycles. The normalized spacial score (nSPS) is 18.8. The summed E-state index contributed by atoms with van der Waals surface area (Å²) in [5.41, 5.74) is -1.05. The van der Waals surface area contributed by atoms with Gasteiger partial charge in [-0.25, -0.2) is 14.4 Å². The Morgan fingerprint density at radius 1 is 1.17 bits per heavy atom. The third kappa shape index (κ3) is 7.70. The summed E-state index contributed by atoms with van der Waals surface area (Å²) >= 11 is 17.4. The molecule has 0 aliphatic carbocycles. The fourth-order valence-corrected chi connectivity index (χ4v) is 5.57. The molecule has 228 valence electrons. The van der Waals surface area contributed by atoms with Gasteiger partial charge in [0.1, 0.15) is 41.1 Å². The zero-order valence-electron chi connectivity index (χ0n) is 22.1. The summed E-state index contributed by atoms with van der Waals surface area (Å²) in [5.74, 6) is -4.37. The van der Waals surface area contributed by atoms with E-state index in [1.54, 1.807) is 20.8 Å². The van der Waals surface area contributed by atoms with Gasteiger partial charge in [0.05, 0.1) is 0 Å². The highest BCUT2D eigenvalue weighted by Crippen LogP contribution is 2.40. The Kier molecular flexibility index (Phi) is 10.5. The number of fused-ring (bicyclic) bond motifs is 1. The number of thioether (sulfide) groups is 1. The summed E-state index contributed by atoms with van der Waals surface area (Å²) in [5, 5.41) is 23.6. The van der Waals surface area contributed by atoms with Gasteiger partial charge >= 0.3 is 18.2 Å². The molecule has 1 aromatic rings. The minimum Gasteiger partial charge on any atom is -0.508 e. The topological polar surface area (TPSA) is 192 Å². The number of aliphatic carboxylic acids is 1. The second-order valence-electron chi connectivity index (χ2n) is 9.80. The fraction of sp³-hybridized carbons (Fsp3) is 0.417. The number of carbonyl (C=O) groups is 6. The monoisotopic (exact) mass is 666 g/mol. The lowest BCUT2D eigenvalue weighted by Gasteiger charge is -2.49. The van der Waals surface area contributed by atoms with Gasteiger partial charge in [-0.3, -0.25) is 19.3 Å². The molecule has 1 saturated heterocycles. The number of carboxylic acid groups (broad SMARTS) is 1. The van der Waals surface area contributed by atoms with Crippen molar-refractivity contribution in [2.24, 2.45) is 0 Å². The Hall–Kier alpha value is -3.40. The summed E-state index contributed by atoms with van der Waals surface area (Å²) in [6.07, 6.45) is -2.28. The van der Waals surface area contributed by atoms with Gasteiger partial charge in [-0.15, -0.1) is 11.8 Å². The molecule has 0 radical (unpaired) electrons. The first kappa shape index (κ1) is 33.1. The van der Waals surface area contributed by atoms with Crippen LogP contribution in [0.1, 0.15) is 32.4 Å². The molecule has 0 spiro atoms. The predicted octanol–water partition coefficient (Wildman–Crippen LogP) is 2.62. The van der Waals surface area contributed by atoms with Crippen molar-refractivity contribution in [3.63, 3.8) is 0 Å². The van der Waals surface area contributed by atoms with E-state index in [2.05, 4.69) is 10.6 Å². The van der Waals surface area contributed by atoms with Crippen molar-refractivity contribution >= 4 is 82.6 Å². The zero-order valence-corrected chi connectivity index (χ0v) is 25.2. The van der Waals surface area contributed by atoms with Gasteiger partial charge in [0.25, 0.3) is 11.8 Å². The van der Waals surface area contributed by atoms with E-state index in [-0.39, 0.29) is 27.1 Å². The molecule has 1 fully saturated rings. The van der Waals surface area contributed by atoms with E-state index >= 15 is 0 Å². The number of β-lactam (4-membered cyclic amide) rings is 1. The summed E-state index contributed by atoms with van der Waals surface area (Å²) in [7, 11) is 0. The molecule has 42 heavy (non-hydrogen) atoms. The number of alkyl carbamates (subject to hydrolysis) is 1. The van der Waals surface area contributed by atoms with Gasteiger partial charge in [0, 0.05) is 23.1 Å². The summed E-state index contributed by atoms with van der Waals surface area (Å²) < 4.78 is 10.1. The maximum Gasteiger partial charge on any atom is 0.432 e. The summed E-state index contributed by atoms with van der Waals surface area (Å²) in [6.45, 7) is 4.27. The number of aromatic hydroxyl groups is 1. The molecule has 18 heteroatoms. The van der Waals surface area contributed by atoms with Crippen LogP contribution in [0.2, 0.25) is 0 Å². The lowest BCUT2D eigenvalue weighted by molar-refractivity contribution is -0.151. The van der Waals surface area contributed by atoms with Gasteiger partial charge in [0.2, 0.25) is 5.91 Å². The molecule has 2 heterocycles. The van der Waals surface area contributed by atoms with Crippen molar-refractivity contribution < 1.29 is 48.5 Å². The van der Waals surface area contributed by atoms with Gasteiger partial charge in [-0.05, 0) is 38.5 Å². The average Bonchev–Trinajstić information content (AvgIpc) is 2.91. The smallest absolute Gasteiger partial charge is 0.432 e. The number of halogens is 3. The number of hydrogen-bond acceptors (Lipinski definition) is 10. The van der Waals surface area contributed by atoms with E-state index in [1.165, 1.54) is 24.3 Å². The molecule has 1 aromatic carbocycles. The van der Waals surface area contributed by atoms with Crippen molar-refractivity contribution in [3.05, 3.63) is 41.1 Å². The highest BCUT2D eigenvalue weighted by molar-refractivity contribution is 8.00. The van der Waals surface area contributed by atoms with Gasteiger partial charge in [-0.1, -0.05) is 35.3 Å². The van der Waals surface area contributed by atoms with E-state index < -0.39 is 76.1 Å². The maximum absolute atomic E-state index is 13.3. The first-order chi connectivity index (χ1) is 19.5. The van der Waals surface area contributed by atoms with Crippen LogP contribution in [0.3, 0.4) is 0 Å². The standard InChI is InChI=1S/C24H25Cl3N4O10S/c1-24(2,3)41-22(38)29-13(10-4-6-12(32)7-5-10)17(33)28-14-18(34)30-15(21(36)37)11(9-42-20(14)30)8-40-23(39)31(27)19(35)16(25)26/h4-7,13-14,16,20,32H,8-9H2,1-3H3,(H,28,33)(H,29,38)(H,36,37)/t13?,14?,20-/m0/s1. The number of rotatable bonds is 8. The number of carbonyl (C=O) groups excluding carboxylic acids is 5. The number of imide groups is 1. The van der Waals surface area contributed by atoms with E-state index in [1.807, 2.05) is 0 Å². The molecule has 2 aliphatic rings. The molecule has 4 N–H and O–H groups in total. The Morgan fingerprint density at radius 2 is 1.79 bits per heavy atom. The van der Waals surface area contributed by atoms with Crippen molar-refractivity contribution in [3.8, 4) is 5.75 Å². The molecule has 0 bridgehead atoms. The fourth-order valence-electron chi connectivity index (χ4n) is 3.80. The van der Waals surface area contributed by atoms with E-state index in [0.717, 1.165) is 16.7 Å². The van der Waals surface area contributed by atoms with Crippen molar-refractivity contribution in [1.82, 2.24) is 20.0 Å². The van der Waals surface area contributed by atoms with E-state index in [0.29, 0.717) is 0 Å². The van der Waals surface area contributed by atoms with Crippen LogP contribution in [0.5, 0.6) is 5.75 Å². The molecule has 5 amide bonds. The Bertz CT molecular complexity index is 1320. The second kappa shape index (κ2) is 13.3. The van der Waals surface area contributed by atoms with Crippen molar-refractivity contribution in [2.45, 2.75) is 48.7 Å². The zero-order chi connectivity index (χ0) is 31.5. The van der Waals surface area contributed by atoms with Crippen LogP contribution in [0, 0.1) is 0 Å². The van der Waals surface area contributed by atoms with Crippen LogP contribution in [0.15, 0.2) is 35.5 Å². The Labute approximate surface area is 258 Å². The number of phenolic OH excluding ortho intramolecular Hbond substituents is 1. The van der Waals surface area contributed by atoms with Crippen LogP contribution in [-0.4, -0.2) is 89.6 Å². The minimum atomic E-state index is -1.64. The number of benzene rings is 1. The first-order valence-corrected chi connectivity index (χ1v) is 14.2. The lowest BCUT2D eigenvalue weighted by Crippen LogP contribution is -2.71. The molecule has 0 aromatic heterocycles. The summed E-state index contributed by atoms with van der Waals surface area (Å²) in [6, 6.07) is 2.91.